The standard InChI is InChI=1S/C30H33N3O3/c1-3-5-11-28-32-26-19-23(29(34)31-18-6-4-2)16-17-27(26)33(28)20-21-12-14-22(15-13-21)24-9-7-8-10-25(24)30(35)36/h7-10,12-17,19H,3-6,11,18,20H2,1-2H3,(H,31,34)(H,35,36). The third-order valence-electron chi connectivity index (χ3n) is 6.42. The number of carboxylic acids is 1. The van der Waals surface area contributed by atoms with E-state index in [2.05, 4.69) is 23.7 Å². The van der Waals surface area contributed by atoms with Gasteiger partial charge in [0.05, 0.1) is 16.6 Å². The molecule has 1 heterocycles. The van der Waals surface area contributed by atoms with E-state index in [4.69, 9.17) is 4.98 Å². The van der Waals surface area contributed by atoms with Gasteiger partial charge in [-0.15, -0.1) is 0 Å². The highest BCUT2D eigenvalue weighted by Gasteiger charge is 2.15. The van der Waals surface area contributed by atoms with E-state index < -0.39 is 5.97 Å². The number of benzene rings is 3. The summed E-state index contributed by atoms with van der Waals surface area (Å²) in [5.41, 5.74) is 5.44. The Morgan fingerprint density at radius 2 is 1.69 bits per heavy atom. The zero-order chi connectivity index (χ0) is 25.5. The van der Waals surface area contributed by atoms with Gasteiger partial charge >= 0.3 is 5.97 Å². The second kappa shape index (κ2) is 11.7. The molecule has 4 rings (SSSR count). The van der Waals surface area contributed by atoms with Crippen LogP contribution in [0.25, 0.3) is 22.2 Å². The van der Waals surface area contributed by atoms with Crippen molar-refractivity contribution in [1.29, 1.82) is 0 Å². The largest absolute Gasteiger partial charge is 0.478 e. The lowest BCUT2D eigenvalue weighted by molar-refractivity contribution is 0.0697. The maximum Gasteiger partial charge on any atom is 0.336 e. The number of amides is 1. The van der Waals surface area contributed by atoms with Crippen LogP contribution in [0, 0.1) is 0 Å². The summed E-state index contributed by atoms with van der Waals surface area (Å²) in [4.78, 5) is 29.1. The van der Waals surface area contributed by atoms with Crippen LogP contribution in [-0.4, -0.2) is 33.1 Å². The first kappa shape index (κ1) is 25.2. The molecule has 186 valence electrons. The molecule has 6 heteroatoms. The first-order valence-corrected chi connectivity index (χ1v) is 12.7. The summed E-state index contributed by atoms with van der Waals surface area (Å²) in [6.45, 7) is 5.60. The van der Waals surface area contributed by atoms with Crippen molar-refractivity contribution in [3.8, 4) is 11.1 Å². The van der Waals surface area contributed by atoms with E-state index in [1.165, 1.54) is 0 Å². The molecule has 2 N–H and O–H groups in total. The van der Waals surface area contributed by atoms with Crippen molar-refractivity contribution in [2.45, 2.75) is 52.5 Å². The molecule has 3 aromatic carbocycles. The predicted octanol–water partition coefficient (Wildman–Crippen LogP) is 6.32. The van der Waals surface area contributed by atoms with Crippen molar-refractivity contribution in [3.63, 3.8) is 0 Å². The maximum absolute atomic E-state index is 12.6. The van der Waals surface area contributed by atoms with Crippen LogP contribution < -0.4 is 5.32 Å². The number of imidazole rings is 1. The number of fused-ring (bicyclic) bond motifs is 1. The van der Waals surface area contributed by atoms with Gasteiger partial charge in [-0.25, -0.2) is 9.78 Å². The zero-order valence-corrected chi connectivity index (χ0v) is 21.0. The normalized spacial score (nSPS) is 11.1. The summed E-state index contributed by atoms with van der Waals surface area (Å²) >= 11 is 0. The van der Waals surface area contributed by atoms with Crippen LogP contribution in [0.5, 0.6) is 0 Å². The van der Waals surface area contributed by atoms with Gasteiger partial charge in [-0.1, -0.05) is 69.2 Å². The number of nitrogens with one attached hydrogen (secondary N) is 1. The van der Waals surface area contributed by atoms with Crippen molar-refractivity contribution < 1.29 is 14.7 Å². The summed E-state index contributed by atoms with van der Waals surface area (Å²) in [6.07, 6.45) is 4.99. The molecular formula is C30H33N3O3. The number of nitrogens with zero attached hydrogens (tertiary/aromatic N) is 2. The van der Waals surface area contributed by atoms with E-state index in [-0.39, 0.29) is 5.91 Å². The van der Waals surface area contributed by atoms with Crippen LogP contribution in [-0.2, 0) is 13.0 Å². The van der Waals surface area contributed by atoms with Crippen molar-refractivity contribution >= 4 is 22.9 Å². The van der Waals surface area contributed by atoms with Crippen LogP contribution in [0.3, 0.4) is 0 Å². The Hall–Kier alpha value is -3.93. The lowest BCUT2D eigenvalue weighted by Gasteiger charge is -2.11. The second-order valence-corrected chi connectivity index (χ2v) is 9.08. The van der Waals surface area contributed by atoms with Gasteiger partial charge in [0.15, 0.2) is 0 Å². The van der Waals surface area contributed by atoms with Crippen LogP contribution in [0.4, 0.5) is 0 Å². The predicted molar refractivity (Wildman–Crippen MR) is 144 cm³/mol. The molecule has 0 saturated carbocycles. The van der Waals surface area contributed by atoms with E-state index in [1.54, 1.807) is 12.1 Å². The molecule has 1 aromatic heterocycles. The molecular weight excluding hydrogens is 450 g/mol. The van der Waals surface area contributed by atoms with Crippen LogP contribution >= 0.6 is 0 Å². The van der Waals surface area contributed by atoms with E-state index in [9.17, 15) is 14.7 Å². The number of aromatic carboxylic acids is 1. The highest BCUT2D eigenvalue weighted by molar-refractivity contribution is 5.97. The van der Waals surface area contributed by atoms with Gasteiger partial charge in [-0.3, -0.25) is 4.79 Å². The molecule has 0 atom stereocenters. The van der Waals surface area contributed by atoms with Crippen molar-refractivity contribution in [1.82, 2.24) is 14.9 Å². The van der Waals surface area contributed by atoms with Gasteiger partial charge in [-0.2, -0.15) is 0 Å². The number of carboxylic acid groups (broad SMARTS) is 1. The monoisotopic (exact) mass is 483 g/mol. The van der Waals surface area contributed by atoms with Gasteiger partial charge < -0.3 is 15.0 Å². The SMILES string of the molecule is CCCCNC(=O)c1ccc2c(c1)nc(CCCC)n2Cc1ccc(-c2ccccc2C(=O)O)cc1. The number of aromatic nitrogens is 2. The van der Waals surface area contributed by atoms with Gasteiger partial charge in [-0.05, 0) is 53.8 Å². The average Bonchev–Trinajstić information content (AvgIpc) is 3.24. The number of aryl methyl sites for hydroxylation is 1. The van der Waals surface area contributed by atoms with Gasteiger partial charge in [0.25, 0.3) is 5.91 Å². The lowest BCUT2D eigenvalue weighted by atomic mass is 9.99. The van der Waals surface area contributed by atoms with E-state index in [0.717, 1.165) is 60.1 Å². The van der Waals surface area contributed by atoms with Crippen LogP contribution in [0.2, 0.25) is 0 Å². The fourth-order valence-electron chi connectivity index (χ4n) is 4.40. The summed E-state index contributed by atoms with van der Waals surface area (Å²) in [6, 6.07) is 20.8. The molecule has 0 fully saturated rings. The molecule has 0 unspecified atom stereocenters. The van der Waals surface area contributed by atoms with E-state index in [0.29, 0.717) is 29.8 Å². The highest BCUT2D eigenvalue weighted by Crippen LogP contribution is 2.26. The fraction of sp³-hybridized carbons (Fsp3) is 0.300. The minimum atomic E-state index is -0.932. The van der Waals surface area contributed by atoms with E-state index in [1.807, 2.05) is 54.6 Å². The Balaban J connectivity index is 1.62. The van der Waals surface area contributed by atoms with Gasteiger partial charge in [0.2, 0.25) is 0 Å². The van der Waals surface area contributed by atoms with Crippen molar-refractivity contribution in [2.75, 3.05) is 6.54 Å². The Bertz CT molecular complexity index is 1360. The summed E-state index contributed by atoms with van der Waals surface area (Å²) in [7, 11) is 0. The smallest absolute Gasteiger partial charge is 0.336 e. The first-order valence-electron chi connectivity index (χ1n) is 12.7. The Morgan fingerprint density at radius 3 is 2.42 bits per heavy atom. The lowest BCUT2D eigenvalue weighted by Crippen LogP contribution is -2.24. The highest BCUT2D eigenvalue weighted by atomic mass is 16.4. The molecule has 1 amide bonds. The average molecular weight is 484 g/mol. The molecule has 0 spiro atoms. The third kappa shape index (κ3) is 5.65. The molecule has 6 nitrogen and oxygen atoms in total. The van der Waals surface area contributed by atoms with Crippen LogP contribution in [0.15, 0.2) is 66.7 Å². The number of carbonyl (C=O) groups is 2. The molecule has 0 aliphatic heterocycles. The van der Waals surface area contributed by atoms with Crippen molar-refractivity contribution in [2.24, 2.45) is 0 Å². The quantitative estimate of drug-likeness (QED) is 0.244. The number of rotatable bonds is 11. The minimum absolute atomic E-state index is 0.0627. The molecule has 36 heavy (non-hydrogen) atoms. The first-order chi connectivity index (χ1) is 17.5. The van der Waals surface area contributed by atoms with E-state index >= 15 is 0 Å². The zero-order valence-electron chi connectivity index (χ0n) is 21.0. The number of hydrogen-bond acceptors (Lipinski definition) is 3. The summed E-state index contributed by atoms with van der Waals surface area (Å²) in [5.74, 6) is 0.0153. The molecule has 4 aromatic rings. The fourth-order valence-corrected chi connectivity index (χ4v) is 4.40. The molecule has 0 bridgehead atoms. The van der Waals surface area contributed by atoms with Gasteiger partial charge in [0.1, 0.15) is 5.82 Å². The summed E-state index contributed by atoms with van der Waals surface area (Å²) < 4.78 is 2.23. The molecule has 0 saturated heterocycles. The Kier molecular flexibility index (Phi) is 8.16. The summed E-state index contributed by atoms with van der Waals surface area (Å²) in [5, 5.41) is 12.5. The number of hydrogen-bond donors (Lipinski definition) is 2. The van der Waals surface area contributed by atoms with Gasteiger partial charge in [0, 0.05) is 25.1 Å². The number of carbonyl (C=O) groups excluding carboxylic acids is 1. The topological polar surface area (TPSA) is 84.2 Å². The third-order valence-corrected chi connectivity index (χ3v) is 6.42. The Morgan fingerprint density at radius 1 is 0.944 bits per heavy atom. The molecule has 0 aliphatic rings. The second-order valence-electron chi connectivity index (χ2n) is 9.08. The number of unbranched alkanes of at least 4 members (excludes halogenated alkanes) is 2. The molecule has 0 aliphatic carbocycles. The molecule has 0 radical (unpaired) electrons. The van der Waals surface area contributed by atoms with Crippen LogP contribution in [0.1, 0.15) is 71.6 Å². The maximum atomic E-state index is 12.6. The Labute approximate surface area is 212 Å². The van der Waals surface area contributed by atoms with Crippen molar-refractivity contribution in [3.05, 3.63) is 89.2 Å². The minimum Gasteiger partial charge on any atom is -0.478 e.